The van der Waals surface area contributed by atoms with Crippen LogP contribution < -0.4 is 0 Å². The molecule has 0 unspecified atom stereocenters. The van der Waals surface area contributed by atoms with Crippen molar-refractivity contribution in [3.8, 4) is 0 Å². The van der Waals surface area contributed by atoms with Crippen LogP contribution >= 0.6 is 11.3 Å². The summed E-state index contributed by atoms with van der Waals surface area (Å²) in [6.07, 6.45) is -0.470. The van der Waals surface area contributed by atoms with Crippen LogP contribution in [0.4, 0.5) is 0 Å². The highest BCUT2D eigenvalue weighted by Crippen LogP contribution is 2.18. The lowest BCUT2D eigenvalue weighted by atomic mass is 10.2. The Morgan fingerprint density at radius 1 is 1.13 bits per heavy atom. The Hall–Kier alpha value is -1.20. The average Bonchev–Trinajstić information content (AvgIpc) is 2.93. The number of hydrogen-bond donors (Lipinski definition) is 1. The fourth-order valence-electron chi connectivity index (χ4n) is 2.44. The normalized spacial score (nSPS) is 13.0. The van der Waals surface area contributed by atoms with Gasteiger partial charge >= 0.3 is 0 Å². The zero-order valence-electron chi connectivity index (χ0n) is 14.2. The minimum atomic E-state index is -0.470. The van der Waals surface area contributed by atoms with Crippen LogP contribution in [0.1, 0.15) is 29.2 Å². The summed E-state index contributed by atoms with van der Waals surface area (Å²) in [6, 6.07) is 14.8. The lowest BCUT2D eigenvalue weighted by Gasteiger charge is -2.28. The van der Waals surface area contributed by atoms with E-state index in [1.54, 1.807) is 0 Å². The number of aryl methyl sites for hydroxylation is 1. The summed E-state index contributed by atoms with van der Waals surface area (Å²) in [5, 5.41) is 10.3. The number of aliphatic hydroxyl groups excluding tert-OH is 1. The monoisotopic (exact) mass is 333 g/mol. The van der Waals surface area contributed by atoms with Gasteiger partial charge in [-0.05, 0) is 38.5 Å². The molecule has 1 aromatic heterocycles. The van der Waals surface area contributed by atoms with Crippen LogP contribution in [0, 0.1) is 6.92 Å². The van der Waals surface area contributed by atoms with Crippen molar-refractivity contribution in [3.63, 3.8) is 0 Å². The van der Waals surface area contributed by atoms with Gasteiger partial charge in [-0.25, -0.2) is 0 Å². The van der Waals surface area contributed by atoms with E-state index < -0.39 is 6.10 Å². The van der Waals surface area contributed by atoms with E-state index in [-0.39, 0.29) is 0 Å². The fraction of sp³-hybridized carbons (Fsp3) is 0.474. The van der Waals surface area contributed by atoms with Crippen molar-refractivity contribution < 1.29 is 9.84 Å². The Morgan fingerprint density at radius 2 is 1.87 bits per heavy atom. The first-order valence-corrected chi connectivity index (χ1v) is 8.95. The summed E-state index contributed by atoms with van der Waals surface area (Å²) in [6.45, 7) is 8.87. The molecule has 0 saturated carbocycles. The Kier molecular flexibility index (Phi) is 7.24. The SMILES string of the molecule is Cc1ccc(CN(C[C@H](O)COCc2ccccc2)C(C)C)s1. The van der Waals surface area contributed by atoms with E-state index in [1.165, 1.54) is 9.75 Å². The molecule has 0 radical (unpaired) electrons. The minimum absolute atomic E-state index is 0.363. The molecule has 23 heavy (non-hydrogen) atoms. The van der Waals surface area contributed by atoms with Gasteiger partial charge < -0.3 is 9.84 Å². The van der Waals surface area contributed by atoms with Crippen LogP contribution in [0.25, 0.3) is 0 Å². The van der Waals surface area contributed by atoms with Crippen LogP contribution in [0.2, 0.25) is 0 Å². The third-order valence-electron chi connectivity index (χ3n) is 3.75. The number of thiophene rings is 1. The molecule has 1 heterocycles. The molecule has 126 valence electrons. The summed E-state index contributed by atoms with van der Waals surface area (Å²) >= 11 is 1.82. The van der Waals surface area contributed by atoms with E-state index in [4.69, 9.17) is 4.74 Å². The molecular weight excluding hydrogens is 306 g/mol. The number of aliphatic hydroxyl groups is 1. The summed E-state index contributed by atoms with van der Waals surface area (Å²) in [5.74, 6) is 0. The van der Waals surface area contributed by atoms with E-state index in [0.717, 1.165) is 12.1 Å². The third-order valence-corrected chi connectivity index (χ3v) is 4.74. The van der Waals surface area contributed by atoms with E-state index in [2.05, 4.69) is 37.8 Å². The van der Waals surface area contributed by atoms with Gasteiger partial charge in [0.2, 0.25) is 0 Å². The first-order chi connectivity index (χ1) is 11.0. The molecule has 0 amide bonds. The Bertz CT molecular complexity index is 568. The van der Waals surface area contributed by atoms with E-state index in [0.29, 0.717) is 25.8 Å². The summed E-state index contributed by atoms with van der Waals surface area (Å²) in [5.41, 5.74) is 1.13. The fourth-order valence-corrected chi connectivity index (χ4v) is 3.35. The van der Waals surface area contributed by atoms with Crippen molar-refractivity contribution in [1.82, 2.24) is 4.90 Å². The quantitative estimate of drug-likeness (QED) is 0.757. The van der Waals surface area contributed by atoms with E-state index >= 15 is 0 Å². The first kappa shape index (κ1) is 18.1. The highest BCUT2D eigenvalue weighted by Gasteiger charge is 2.16. The van der Waals surface area contributed by atoms with Crippen LogP contribution in [0.15, 0.2) is 42.5 Å². The van der Waals surface area contributed by atoms with Crippen molar-refractivity contribution in [2.75, 3.05) is 13.2 Å². The predicted molar refractivity (Wildman–Crippen MR) is 96.7 cm³/mol. The molecule has 0 aliphatic rings. The molecule has 0 aliphatic heterocycles. The van der Waals surface area contributed by atoms with Gasteiger partial charge in [0.25, 0.3) is 0 Å². The third kappa shape index (κ3) is 6.43. The van der Waals surface area contributed by atoms with Gasteiger partial charge in [0, 0.05) is 28.9 Å². The van der Waals surface area contributed by atoms with Crippen molar-refractivity contribution in [1.29, 1.82) is 0 Å². The number of benzene rings is 1. The van der Waals surface area contributed by atoms with Crippen LogP contribution in [-0.4, -0.2) is 35.3 Å². The Morgan fingerprint density at radius 3 is 2.48 bits per heavy atom. The molecule has 2 aromatic rings. The van der Waals surface area contributed by atoms with Gasteiger partial charge in [-0.2, -0.15) is 0 Å². The van der Waals surface area contributed by atoms with Crippen LogP contribution in [0.5, 0.6) is 0 Å². The van der Waals surface area contributed by atoms with Crippen molar-refractivity contribution >= 4 is 11.3 Å². The lowest BCUT2D eigenvalue weighted by molar-refractivity contribution is 0.00333. The molecule has 0 fully saturated rings. The van der Waals surface area contributed by atoms with Gasteiger partial charge in [0.15, 0.2) is 0 Å². The average molecular weight is 333 g/mol. The predicted octanol–water partition coefficient (Wildman–Crippen LogP) is 3.84. The molecule has 0 bridgehead atoms. The molecule has 2 rings (SSSR count). The summed E-state index contributed by atoms with van der Waals surface area (Å²) < 4.78 is 5.64. The second-order valence-electron chi connectivity index (χ2n) is 6.19. The van der Waals surface area contributed by atoms with Gasteiger partial charge in [0.05, 0.1) is 19.3 Å². The number of ether oxygens (including phenoxy) is 1. The summed E-state index contributed by atoms with van der Waals surface area (Å²) in [7, 11) is 0. The summed E-state index contributed by atoms with van der Waals surface area (Å²) in [4.78, 5) is 4.96. The lowest BCUT2D eigenvalue weighted by Crippen LogP contribution is -2.38. The highest BCUT2D eigenvalue weighted by atomic mass is 32.1. The van der Waals surface area contributed by atoms with Crippen molar-refractivity contribution in [3.05, 3.63) is 57.8 Å². The molecule has 0 aliphatic carbocycles. The van der Waals surface area contributed by atoms with Crippen LogP contribution in [-0.2, 0) is 17.9 Å². The maximum atomic E-state index is 10.3. The molecule has 0 saturated heterocycles. The van der Waals surface area contributed by atoms with Gasteiger partial charge in [-0.1, -0.05) is 30.3 Å². The number of nitrogens with zero attached hydrogens (tertiary/aromatic N) is 1. The molecule has 1 atom stereocenters. The maximum absolute atomic E-state index is 10.3. The topological polar surface area (TPSA) is 32.7 Å². The van der Waals surface area contributed by atoms with Crippen LogP contribution in [0.3, 0.4) is 0 Å². The zero-order chi connectivity index (χ0) is 16.7. The highest BCUT2D eigenvalue weighted by molar-refractivity contribution is 7.11. The Labute approximate surface area is 143 Å². The smallest absolute Gasteiger partial charge is 0.0900 e. The van der Waals surface area contributed by atoms with E-state index in [1.807, 2.05) is 41.7 Å². The molecule has 0 spiro atoms. The van der Waals surface area contributed by atoms with Gasteiger partial charge in [0.1, 0.15) is 0 Å². The van der Waals surface area contributed by atoms with E-state index in [9.17, 15) is 5.11 Å². The van der Waals surface area contributed by atoms with Gasteiger partial charge in [-0.15, -0.1) is 11.3 Å². The number of hydrogen-bond acceptors (Lipinski definition) is 4. The largest absolute Gasteiger partial charge is 0.389 e. The second kappa shape index (κ2) is 9.18. The Balaban J connectivity index is 1.77. The maximum Gasteiger partial charge on any atom is 0.0900 e. The number of rotatable bonds is 9. The van der Waals surface area contributed by atoms with Crippen molar-refractivity contribution in [2.45, 2.75) is 46.1 Å². The second-order valence-corrected chi connectivity index (χ2v) is 7.56. The first-order valence-electron chi connectivity index (χ1n) is 8.13. The molecular formula is C19H27NO2S. The molecule has 4 heteroatoms. The minimum Gasteiger partial charge on any atom is -0.389 e. The molecule has 1 aromatic carbocycles. The van der Waals surface area contributed by atoms with Crippen molar-refractivity contribution in [2.24, 2.45) is 0 Å². The molecule has 1 N–H and O–H groups in total. The molecule has 3 nitrogen and oxygen atoms in total. The zero-order valence-corrected chi connectivity index (χ0v) is 15.1. The van der Waals surface area contributed by atoms with Gasteiger partial charge in [-0.3, -0.25) is 4.90 Å². The standard InChI is InChI=1S/C19H27NO2S/c1-15(2)20(12-19-10-9-16(3)23-19)11-18(21)14-22-13-17-7-5-4-6-8-17/h4-10,15,18,21H,11-14H2,1-3H3/t18-/m0/s1.